The molecule has 2 N–H and O–H groups in total. The Morgan fingerprint density at radius 1 is 1.03 bits per heavy atom. The van der Waals surface area contributed by atoms with Crippen LogP contribution in [0.5, 0.6) is 0 Å². The molecule has 2 aromatic rings. The lowest BCUT2D eigenvalue weighted by Gasteiger charge is -2.25. The minimum atomic E-state index is -0.967. The molecule has 2 aromatic carbocycles. The van der Waals surface area contributed by atoms with Gasteiger partial charge in [-0.2, -0.15) is 0 Å². The zero-order valence-corrected chi connectivity index (χ0v) is 17.8. The maximum Gasteiger partial charge on any atom is 0.407 e. The molecule has 0 fully saturated rings. The summed E-state index contributed by atoms with van der Waals surface area (Å²) in [6.45, 7) is 4.19. The monoisotopic (exact) mass is 424 g/mol. The van der Waals surface area contributed by atoms with Crippen LogP contribution in [-0.4, -0.2) is 53.7 Å². The van der Waals surface area contributed by atoms with E-state index in [1.54, 1.807) is 6.92 Å². The molecular weight excluding hydrogens is 396 g/mol. The molecule has 0 saturated carbocycles. The number of amides is 2. The van der Waals surface area contributed by atoms with Crippen LogP contribution in [0.1, 0.15) is 43.7 Å². The number of carbonyl (C=O) groups is 3. The van der Waals surface area contributed by atoms with E-state index in [1.807, 2.05) is 43.3 Å². The standard InChI is InChI=1S/C24H28N2O5/c1-3-13-26(14-12-22(27)28)23(29)16(2)25-24(30)31-15-21-19-10-6-4-8-17(19)18-9-5-7-11-20(18)21/h4-11,16,21H,3,12-15H2,1-2H3,(H,25,30)(H,27,28)/t16-/m1/s1. The summed E-state index contributed by atoms with van der Waals surface area (Å²) in [4.78, 5) is 37.3. The molecule has 2 amide bonds. The van der Waals surface area contributed by atoms with Gasteiger partial charge in [0.2, 0.25) is 5.91 Å². The van der Waals surface area contributed by atoms with Gasteiger partial charge in [-0.05, 0) is 35.6 Å². The molecule has 1 aliphatic carbocycles. The normalized spacial score (nSPS) is 13.1. The van der Waals surface area contributed by atoms with Crippen LogP contribution in [0.2, 0.25) is 0 Å². The van der Waals surface area contributed by atoms with E-state index in [-0.39, 0.29) is 31.4 Å². The van der Waals surface area contributed by atoms with Gasteiger partial charge in [-0.25, -0.2) is 4.79 Å². The van der Waals surface area contributed by atoms with Crippen LogP contribution < -0.4 is 5.32 Å². The zero-order valence-electron chi connectivity index (χ0n) is 17.8. The number of carboxylic acids is 1. The summed E-state index contributed by atoms with van der Waals surface area (Å²) in [6.07, 6.45) is -0.107. The van der Waals surface area contributed by atoms with E-state index in [0.29, 0.717) is 13.0 Å². The third kappa shape index (κ3) is 5.23. The number of ether oxygens (including phenoxy) is 1. The average molecular weight is 424 g/mol. The molecule has 1 atom stereocenters. The maximum absolute atomic E-state index is 12.6. The van der Waals surface area contributed by atoms with Crippen molar-refractivity contribution in [3.05, 3.63) is 59.7 Å². The summed E-state index contributed by atoms with van der Waals surface area (Å²) in [5.74, 6) is -1.35. The lowest BCUT2D eigenvalue weighted by Crippen LogP contribution is -2.48. The van der Waals surface area contributed by atoms with Crippen molar-refractivity contribution >= 4 is 18.0 Å². The number of benzene rings is 2. The Morgan fingerprint density at radius 3 is 2.16 bits per heavy atom. The lowest BCUT2D eigenvalue weighted by molar-refractivity contribution is -0.139. The van der Waals surface area contributed by atoms with Gasteiger partial charge >= 0.3 is 12.1 Å². The largest absolute Gasteiger partial charge is 0.481 e. The summed E-state index contributed by atoms with van der Waals surface area (Å²) in [6, 6.07) is 15.3. The van der Waals surface area contributed by atoms with Crippen LogP contribution in [0.4, 0.5) is 4.79 Å². The van der Waals surface area contributed by atoms with E-state index >= 15 is 0 Å². The van der Waals surface area contributed by atoms with E-state index in [1.165, 1.54) is 4.90 Å². The van der Waals surface area contributed by atoms with Crippen molar-refractivity contribution in [3.63, 3.8) is 0 Å². The molecule has 0 saturated heterocycles. The minimum Gasteiger partial charge on any atom is -0.481 e. The SMILES string of the molecule is CCCN(CCC(=O)O)C(=O)[C@@H](C)NC(=O)OCC1c2ccccc2-c2ccccc21. The van der Waals surface area contributed by atoms with Crippen LogP contribution in [0.3, 0.4) is 0 Å². The smallest absolute Gasteiger partial charge is 0.407 e. The number of hydrogen-bond donors (Lipinski definition) is 2. The van der Waals surface area contributed by atoms with Gasteiger partial charge in [0.1, 0.15) is 12.6 Å². The van der Waals surface area contributed by atoms with E-state index in [4.69, 9.17) is 9.84 Å². The van der Waals surface area contributed by atoms with Crippen molar-refractivity contribution in [1.29, 1.82) is 0 Å². The first kappa shape index (κ1) is 22.3. The highest BCUT2D eigenvalue weighted by molar-refractivity contribution is 5.85. The number of carboxylic acid groups (broad SMARTS) is 1. The molecule has 0 radical (unpaired) electrons. The molecule has 31 heavy (non-hydrogen) atoms. The quantitative estimate of drug-likeness (QED) is 0.641. The number of rotatable bonds is 9. The molecule has 0 aromatic heterocycles. The Hall–Kier alpha value is -3.35. The summed E-state index contributed by atoms with van der Waals surface area (Å²) < 4.78 is 5.48. The molecule has 1 aliphatic rings. The Balaban J connectivity index is 1.60. The van der Waals surface area contributed by atoms with Gasteiger partial charge in [-0.1, -0.05) is 55.5 Å². The number of nitrogens with one attached hydrogen (secondary N) is 1. The predicted octanol–water partition coefficient (Wildman–Crippen LogP) is 3.63. The first-order valence-electron chi connectivity index (χ1n) is 10.5. The second-order valence-electron chi connectivity index (χ2n) is 7.66. The first-order chi connectivity index (χ1) is 14.9. The van der Waals surface area contributed by atoms with Crippen LogP contribution in [-0.2, 0) is 14.3 Å². The van der Waals surface area contributed by atoms with Crippen molar-refractivity contribution < 1.29 is 24.2 Å². The van der Waals surface area contributed by atoms with Gasteiger partial charge in [0.25, 0.3) is 0 Å². The van der Waals surface area contributed by atoms with E-state index in [9.17, 15) is 14.4 Å². The Morgan fingerprint density at radius 2 is 1.61 bits per heavy atom. The topological polar surface area (TPSA) is 95.9 Å². The van der Waals surface area contributed by atoms with Crippen LogP contribution >= 0.6 is 0 Å². The van der Waals surface area contributed by atoms with E-state index in [2.05, 4.69) is 17.4 Å². The molecule has 0 heterocycles. The number of hydrogen-bond acceptors (Lipinski definition) is 4. The molecule has 164 valence electrons. The van der Waals surface area contributed by atoms with Gasteiger partial charge in [-0.3, -0.25) is 9.59 Å². The molecule has 3 rings (SSSR count). The summed E-state index contributed by atoms with van der Waals surface area (Å²) in [7, 11) is 0. The highest BCUT2D eigenvalue weighted by Gasteiger charge is 2.29. The number of carbonyl (C=O) groups excluding carboxylic acids is 2. The highest BCUT2D eigenvalue weighted by Crippen LogP contribution is 2.44. The minimum absolute atomic E-state index is 0.0590. The molecule has 0 aliphatic heterocycles. The van der Waals surface area contributed by atoms with Gasteiger partial charge < -0.3 is 20.1 Å². The summed E-state index contributed by atoms with van der Waals surface area (Å²) in [5, 5.41) is 11.5. The molecular formula is C24H28N2O5. The van der Waals surface area contributed by atoms with Gasteiger partial charge in [0.15, 0.2) is 0 Å². The lowest BCUT2D eigenvalue weighted by atomic mass is 9.98. The third-order valence-corrected chi connectivity index (χ3v) is 5.45. The van der Waals surface area contributed by atoms with Gasteiger partial charge in [-0.15, -0.1) is 0 Å². The third-order valence-electron chi connectivity index (χ3n) is 5.45. The van der Waals surface area contributed by atoms with Crippen LogP contribution in [0.15, 0.2) is 48.5 Å². The average Bonchev–Trinajstić information content (AvgIpc) is 3.08. The number of alkyl carbamates (subject to hydrolysis) is 1. The maximum atomic E-state index is 12.6. The van der Waals surface area contributed by atoms with Gasteiger partial charge in [0.05, 0.1) is 6.42 Å². The fraction of sp³-hybridized carbons (Fsp3) is 0.375. The number of nitrogens with zero attached hydrogens (tertiary/aromatic N) is 1. The Labute approximate surface area is 182 Å². The first-order valence-corrected chi connectivity index (χ1v) is 10.5. The molecule has 7 heteroatoms. The van der Waals surface area contributed by atoms with E-state index < -0.39 is 18.1 Å². The van der Waals surface area contributed by atoms with Crippen molar-refractivity contribution in [2.24, 2.45) is 0 Å². The number of fused-ring (bicyclic) bond motifs is 3. The van der Waals surface area contributed by atoms with Crippen molar-refractivity contribution in [3.8, 4) is 11.1 Å². The summed E-state index contributed by atoms with van der Waals surface area (Å²) >= 11 is 0. The van der Waals surface area contributed by atoms with Crippen molar-refractivity contribution in [1.82, 2.24) is 10.2 Å². The molecule has 0 unspecified atom stereocenters. The van der Waals surface area contributed by atoms with Crippen molar-refractivity contribution in [2.75, 3.05) is 19.7 Å². The van der Waals surface area contributed by atoms with Crippen molar-refractivity contribution in [2.45, 2.75) is 38.6 Å². The fourth-order valence-corrected chi connectivity index (χ4v) is 3.99. The predicted molar refractivity (Wildman–Crippen MR) is 117 cm³/mol. The Kier molecular flexibility index (Phi) is 7.28. The second kappa shape index (κ2) is 10.1. The van der Waals surface area contributed by atoms with E-state index in [0.717, 1.165) is 22.3 Å². The Bertz CT molecular complexity index is 913. The van der Waals surface area contributed by atoms with Crippen LogP contribution in [0, 0.1) is 0 Å². The highest BCUT2D eigenvalue weighted by atomic mass is 16.5. The van der Waals surface area contributed by atoms with Crippen LogP contribution in [0.25, 0.3) is 11.1 Å². The second-order valence-corrected chi connectivity index (χ2v) is 7.66. The number of aliphatic carboxylic acids is 1. The van der Waals surface area contributed by atoms with Gasteiger partial charge in [0, 0.05) is 19.0 Å². The molecule has 0 bridgehead atoms. The fourth-order valence-electron chi connectivity index (χ4n) is 3.99. The summed E-state index contributed by atoms with van der Waals surface area (Å²) in [5.41, 5.74) is 4.51. The zero-order chi connectivity index (χ0) is 22.4. The molecule has 0 spiro atoms. The molecule has 7 nitrogen and oxygen atoms in total.